The van der Waals surface area contributed by atoms with Crippen molar-refractivity contribution < 1.29 is 9.47 Å². The Hall–Kier alpha value is -0.900. The maximum absolute atomic E-state index is 5.62. The molecule has 2 atom stereocenters. The van der Waals surface area contributed by atoms with E-state index in [0.717, 1.165) is 27.6 Å². The summed E-state index contributed by atoms with van der Waals surface area (Å²) in [5.41, 5.74) is 1.11. The first-order valence-corrected chi connectivity index (χ1v) is 7.39. The lowest BCUT2D eigenvalue weighted by Crippen LogP contribution is -2.22. The number of rotatable bonds is 2. The fraction of sp³-hybridized carbons (Fsp3) is 0.571. The van der Waals surface area contributed by atoms with Gasteiger partial charge in [-0.1, -0.05) is 13.3 Å². The van der Waals surface area contributed by atoms with Crippen LogP contribution in [0.2, 0.25) is 0 Å². The highest BCUT2D eigenvalue weighted by Gasteiger charge is 2.24. The van der Waals surface area contributed by atoms with Gasteiger partial charge in [0.05, 0.1) is 5.69 Å². The molecule has 2 aliphatic rings. The zero-order chi connectivity index (χ0) is 12.5. The van der Waals surface area contributed by atoms with Crippen molar-refractivity contribution in [2.45, 2.75) is 32.2 Å². The van der Waals surface area contributed by atoms with Gasteiger partial charge in [0.25, 0.3) is 0 Å². The third-order valence-electron chi connectivity index (χ3n) is 3.83. The molecule has 0 aromatic heterocycles. The van der Waals surface area contributed by atoms with E-state index in [9.17, 15) is 0 Å². The molecule has 1 heterocycles. The fourth-order valence-corrected chi connectivity index (χ4v) is 3.17. The standard InChI is InChI=1S/C14H18BrNO2/c1-9-3-2-4-11(9)16-12-8-14-13(7-10(12)15)17-5-6-18-14/h7-9,11,16H,2-6H2,1H3. The van der Waals surface area contributed by atoms with Crippen molar-refractivity contribution >= 4 is 21.6 Å². The highest BCUT2D eigenvalue weighted by Crippen LogP contribution is 2.39. The van der Waals surface area contributed by atoms with Crippen molar-refractivity contribution in [3.63, 3.8) is 0 Å². The first-order valence-electron chi connectivity index (χ1n) is 6.60. The van der Waals surface area contributed by atoms with Crippen molar-refractivity contribution in [3.05, 3.63) is 16.6 Å². The van der Waals surface area contributed by atoms with Crippen LogP contribution in [0.25, 0.3) is 0 Å². The number of nitrogens with one attached hydrogen (secondary N) is 1. The zero-order valence-electron chi connectivity index (χ0n) is 10.5. The molecule has 1 N–H and O–H groups in total. The molecule has 4 heteroatoms. The Morgan fingerprint density at radius 2 is 1.89 bits per heavy atom. The highest BCUT2D eigenvalue weighted by atomic mass is 79.9. The molecular weight excluding hydrogens is 294 g/mol. The van der Waals surface area contributed by atoms with E-state index in [2.05, 4.69) is 28.2 Å². The Kier molecular flexibility index (Phi) is 3.37. The minimum atomic E-state index is 0.573. The molecule has 1 aromatic carbocycles. The maximum atomic E-state index is 5.62. The molecule has 1 saturated carbocycles. The largest absolute Gasteiger partial charge is 0.486 e. The third-order valence-corrected chi connectivity index (χ3v) is 4.49. The van der Waals surface area contributed by atoms with Crippen LogP contribution in [0.5, 0.6) is 11.5 Å². The summed E-state index contributed by atoms with van der Waals surface area (Å²) in [4.78, 5) is 0. The zero-order valence-corrected chi connectivity index (χ0v) is 12.1. The number of ether oxygens (including phenoxy) is 2. The van der Waals surface area contributed by atoms with E-state index in [0.29, 0.717) is 19.3 Å². The molecule has 0 spiro atoms. The predicted octanol–water partition coefficient (Wildman–Crippen LogP) is 3.82. The lowest BCUT2D eigenvalue weighted by atomic mass is 10.1. The van der Waals surface area contributed by atoms with Crippen molar-refractivity contribution in [1.29, 1.82) is 0 Å². The first-order chi connectivity index (χ1) is 8.74. The maximum Gasteiger partial charge on any atom is 0.163 e. The SMILES string of the molecule is CC1CCCC1Nc1cc2c(cc1Br)OCCO2. The summed E-state index contributed by atoms with van der Waals surface area (Å²) in [5.74, 6) is 2.42. The lowest BCUT2D eigenvalue weighted by molar-refractivity contribution is 0.171. The summed E-state index contributed by atoms with van der Waals surface area (Å²) >= 11 is 3.60. The number of benzene rings is 1. The Morgan fingerprint density at radius 3 is 2.56 bits per heavy atom. The van der Waals surface area contributed by atoms with Crippen LogP contribution in [0, 0.1) is 5.92 Å². The highest BCUT2D eigenvalue weighted by molar-refractivity contribution is 9.10. The van der Waals surface area contributed by atoms with E-state index in [1.807, 2.05) is 12.1 Å². The van der Waals surface area contributed by atoms with Crippen LogP contribution in [0.4, 0.5) is 5.69 Å². The van der Waals surface area contributed by atoms with Gasteiger partial charge in [0.1, 0.15) is 13.2 Å². The summed E-state index contributed by atoms with van der Waals surface area (Å²) in [6.45, 7) is 3.58. The van der Waals surface area contributed by atoms with Crippen LogP contribution in [0.15, 0.2) is 16.6 Å². The van der Waals surface area contributed by atoms with Crippen molar-refractivity contribution in [1.82, 2.24) is 0 Å². The molecule has 1 aliphatic carbocycles. The summed E-state index contributed by atoms with van der Waals surface area (Å²) in [7, 11) is 0. The molecule has 1 aromatic rings. The summed E-state index contributed by atoms with van der Waals surface area (Å²) in [5, 5.41) is 3.63. The number of anilines is 1. The smallest absolute Gasteiger partial charge is 0.163 e. The molecule has 98 valence electrons. The number of hydrogen-bond acceptors (Lipinski definition) is 3. The van der Waals surface area contributed by atoms with Crippen LogP contribution < -0.4 is 14.8 Å². The predicted molar refractivity (Wildman–Crippen MR) is 75.6 cm³/mol. The van der Waals surface area contributed by atoms with E-state index in [1.165, 1.54) is 19.3 Å². The molecule has 0 saturated heterocycles. The second kappa shape index (κ2) is 5.00. The van der Waals surface area contributed by atoms with Gasteiger partial charge < -0.3 is 14.8 Å². The van der Waals surface area contributed by atoms with Gasteiger partial charge in [-0.25, -0.2) is 0 Å². The molecule has 3 rings (SSSR count). The molecule has 0 amide bonds. The molecular formula is C14H18BrNO2. The average molecular weight is 312 g/mol. The second-order valence-corrected chi connectivity index (χ2v) is 5.99. The number of hydrogen-bond donors (Lipinski definition) is 1. The van der Waals surface area contributed by atoms with E-state index in [4.69, 9.17) is 9.47 Å². The molecule has 2 unspecified atom stereocenters. The number of fused-ring (bicyclic) bond motifs is 1. The molecule has 1 aliphatic heterocycles. The molecule has 0 bridgehead atoms. The normalized spacial score (nSPS) is 26.1. The Labute approximate surface area is 116 Å². The van der Waals surface area contributed by atoms with E-state index >= 15 is 0 Å². The van der Waals surface area contributed by atoms with Gasteiger partial charge in [0.15, 0.2) is 11.5 Å². The van der Waals surface area contributed by atoms with Gasteiger partial charge in [-0.05, 0) is 34.7 Å². The Bertz CT molecular complexity index is 450. The molecule has 3 nitrogen and oxygen atoms in total. The Balaban J connectivity index is 1.83. The van der Waals surface area contributed by atoms with Crippen LogP contribution >= 0.6 is 15.9 Å². The van der Waals surface area contributed by atoms with Crippen LogP contribution in [0.3, 0.4) is 0 Å². The van der Waals surface area contributed by atoms with E-state index in [-0.39, 0.29) is 0 Å². The molecule has 0 radical (unpaired) electrons. The topological polar surface area (TPSA) is 30.5 Å². The van der Waals surface area contributed by atoms with Crippen LogP contribution in [-0.4, -0.2) is 19.3 Å². The van der Waals surface area contributed by atoms with Gasteiger partial charge >= 0.3 is 0 Å². The summed E-state index contributed by atoms with van der Waals surface area (Å²) in [6.07, 6.45) is 3.89. The van der Waals surface area contributed by atoms with Crippen molar-refractivity contribution in [2.75, 3.05) is 18.5 Å². The van der Waals surface area contributed by atoms with E-state index < -0.39 is 0 Å². The lowest BCUT2D eigenvalue weighted by Gasteiger charge is -2.23. The van der Waals surface area contributed by atoms with Crippen molar-refractivity contribution in [2.24, 2.45) is 5.92 Å². The monoisotopic (exact) mass is 311 g/mol. The minimum absolute atomic E-state index is 0.573. The van der Waals surface area contributed by atoms with Crippen LogP contribution in [-0.2, 0) is 0 Å². The van der Waals surface area contributed by atoms with Gasteiger partial charge in [0, 0.05) is 22.6 Å². The Morgan fingerprint density at radius 1 is 1.17 bits per heavy atom. The first kappa shape index (κ1) is 12.2. The number of halogens is 1. The van der Waals surface area contributed by atoms with Gasteiger partial charge in [0.2, 0.25) is 0 Å². The molecule has 1 fully saturated rings. The average Bonchev–Trinajstić information content (AvgIpc) is 2.76. The fourth-order valence-electron chi connectivity index (χ4n) is 2.73. The van der Waals surface area contributed by atoms with Gasteiger partial charge in [-0.3, -0.25) is 0 Å². The van der Waals surface area contributed by atoms with E-state index in [1.54, 1.807) is 0 Å². The second-order valence-electron chi connectivity index (χ2n) is 5.13. The van der Waals surface area contributed by atoms with Crippen molar-refractivity contribution in [3.8, 4) is 11.5 Å². The summed E-state index contributed by atoms with van der Waals surface area (Å²) in [6, 6.07) is 4.61. The summed E-state index contributed by atoms with van der Waals surface area (Å²) < 4.78 is 12.2. The van der Waals surface area contributed by atoms with Gasteiger partial charge in [-0.15, -0.1) is 0 Å². The van der Waals surface area contributed by atoms with Crippen LogP contribution in [0.1, 0.15) is 26.2 Å². The third kappa shape index (κ3) is 2.30. The molecule has 18 heavy (non-hydrogen) atoms. The quantitative estimate of drug-likeness (QED) is 0.900. The van der Waals surface area contributed by atoms with Gasteiger partial charge in [-0.2, -0.15) is 0 Å². The minimum Gasteiger partial charge on any atom is -0.486 e.